The second-order valence-electron chi connectivity index (χ2n) is 5.36. The zero-order chi connectivity index (χ0) is 17.7. The summed E-state index contributed by atoms with van der Waals surface area (Å²) in [6.45, 7) is 3.58. The number of carbonyl (C=O) groups is 2. The molecule has 0 unspecified atom stereocenters. The van der Waals surface area contributed by atoms with Gasteiger partial charge in [0, 0.05) is 41.3 Å². The summed E-state index contributed by atoms with van der Waals surface area (Å²) in [7, 11) is 0. The highest BCUT2D eigenvalue weighted by molar-refractivity contribution is 6.32. The molecule has 2 aromatic rings. The number of hydrogen-bond donors (Lipinski definition) is 1. The van der Waals surface area contributed by atoms with Crippen LogP contribution in [0.5, 0.6) is 0 Å². The van der Waals surface area contributed by atoms with Gasteiger partial charge in [-0.05, 0) is 42.8 Å². The third kappa shape index (κ3) is 4.73. The molecule has 4 nitrogen and oxygen atoms in total. The van der Waals surface area contributed by atoms with Gasteiger partial charge >= 0.3 is 0 Å². The van der Waals surface area contributed by atoms with Crippen LogP contribution in [0.2, 0.25) is 10.0 Å². The van der Waals surface area contributed by atoms with Crippen LogP contribution in [0.4, 0.5) is 11.4 Å². The first-order chi connectivity index (χ1) is 11.4. The molecule has 126 valence electrons. The van der Waals surface area contributed by atoms with Gasteiger partial charge in [-0.3, -0.25) is 9.59 Å². The molecule has 0 aliphatic rings. The summed E-state index contributed by atoms with van der Waals surface area (Å²) in [5.41, 5.74) is 2.15. The van der Waals surface area contributed by atoms with Crippen molar-refractivity contribution in [1.29, 1.82) is 0 Å². The average Bonchev–Trinajstić information content (AvgIpc) is 2.51. The maximum Gasteiger partial charge on any atom is 0.226 e. The predicted octanol–water partition coefficient (Wildman–Crippen LogP) is 4.68. The van der Waals surface area contributed by atoms with Crippen LogP contribution < -0.4 is 10.2 Å². The lowest BCUT2D eigenvalue weighted by atomic mass is 10.1. The van der Waals surface area contributed by atoms with Gasteiger partial charge in [-0.15, -0.1) is 0 Å². The van der Waals surface area contributed by atoms with Crippen LogP contribution in [0.3, 0.4) is 0 Å². The molecule has 0 atom stereocenters. The summed E-state index contributed by atoms with van der Waals surface area (Å²) in [6.07, 6.45) is 0.165. The topological polar surface area (TPSA) is 49.4 Å². The highest BCUT2D eigenvalue weighted by Crippen LogP contribution is 2.27. The van der Waals surface area contributed by atoms with Crippen molar-refractivity contribution in [3.05, 3.63) is 58.1 Å². The van der Waals surface area contributed by atoms with Crippen molar-refractivity contribution in [3.63, 3.8) is 0 Å². The zero-order valence-electron chi connectivity index (χ0n) is 13.5. The van der Waals surface area contributed by atoms with E-state index in [1.807, 2.05) is 13.0 Å². The maximum absolute atomic E-state index is 12.1. The number of carbonyl (C=O) groups excluding carboxylic acids is 2. The fourth-order valence-electron chi connectivity index (χ4n) is 2.34. The summed E-state index contributed by atoms with van der Waals surface area (Å²) >= 11 is 12.0. The lowest BCUT2D eigenvalue weighted by Gasteiger charge is -2.23. The Kier molecular flexibility index (Phi) is 6.23. The average molecular weight is 365 g/mol. The standard InChI is InChI=1S/C18H18Cl2N2O2/c1-12-16(20)7-4-8-17(12)22(13(2)23)10-9-18(24)21-15-6-3-5-14(19)11-15/h3-8,11H,9-10H2,1-2H3,(H,21,24). The minimum atomic E-state index is -0.191. The van der Waals surface area contributed by atoms with Crippen molar-refractivity contribution in [2.45, 2.75) is 20.3 Å². The predicted molar refractivity (Wildman–Crippen MR) is 98.9 cm³/mol. The van der Waals surface area contributed by atoms with E-state index in [9.17, 15) is 9.59 Å². The molecule has 0 aliphatic heterocycles. The summed E-state index contributed by atoms with van der Waals surface area (Å²) in [5, 5.41) is 3.90. The van der Waals surface area contributed by atoms with Crippen molar-refractivity contribution in [3.8, 4) is 0 Å². The minimum Gasteiger partial charge on any atom is -0.326 e. The van der Waals surface area contributed by atoms with Gasteiger partial charge in [0.15, 0.2) is 0 Å². The number of hydrogen-bond acceptors (Lipinski definition) is 2. The molecule has 0 bridgehead atoms. The van der Waals surface area contributed by atoms with Gasteiger partial charge < -0.3 is 10.2 Å². The second kappa shape index (κ2) is 8.18. The lowest BCUT2D eigenvalue weighted by molar-refractivity contribution is -0.117. The van der Waals surface area contributed by atoms with E-state index in [1.165, 1.54) is 6.92 Å². The number of amides is 2. The Morgan fingerprint density at radius 3 is 2.50 bits per heavy atom. The van der Waals surface area contributed by atoms with Gasteiger partial charge in [0.05, 0.1) is 0 Å². The van der Waals surface area contributed by atoms with Gasteiger partial charge in [0.1, 0.15) is 0 Å². The van der Waals surface area contributed by atoms with Crippen molar-refractivity contribution >= 4 is 46.4 Å². The third-order valence-corrected chi connectivity index (χ3v) is 4.23. The van der Waals surface area contributed by atoms with Gasteiger partial charge in [-0.1, -0.05) is 35.3 Å². The van der Waals surface area contributed by atoms with E-state index in [4.69, 9.17) is 23.2 Å². The van der Waals surface area contributed by atoms with Gasteiger partial charge in [0.25, 0.3) is 0 Å². The van der Waals surface area contributed by atoms with Crippen molar-refractivity contribution < 1.29 is 9.59 Å². The first kappa shape index (κ1) is 18.3. The molecule has 2 amide bonds. The summed E-state index contributed by atoms with van der Waals surface area (Å²) < 4.78 is 0. The van der Waals surface area contributed by atoms with Crippen molar-refractivity contribution in [2.24, 2.45) is 0 Å². The smallest absolute Gasteiger partial charge is 0.226 e. The number of benzene rings is 2. The van der Waals surface area contributed by atoms with E-state index >= 15 is 0 Å². The van der Waals surface area contributed by atoms with E-state index in [0.717, 1.165) is 5.56 Å². The second-order valence-corrected chi connectivity index (χ2v) is 6.21. The highest BCUT2D eigenvalue weighted by Gasteiger charge is 2.16. The molecule has 1 N–H and O–H groups in total. The number of nitrogens with zero attached hydrogens (tertiary/aromatic N) is 1. The molecule has 0 spiro atoms. The van der Waals surface area contributed by atoms with Crippen molar-refractivity contribution in [2.75, 3.05) is 16.8 Å². The Morgan fingerprint density at radius 2 is 1.83 bits per heavy atom. The zero-order valence-corrected chi connectivity index (χ0v) is 15.0. The Morgan fingerprint density at radius 1 is 1.12 bits per heavy atom. The molecule has 6 heteroatoms. The monoisotopic (exact) mass is 364 g/mol. The minimum absolute atomic E-state index is 0.143. The fourth-order valence-corrected chi connectivity index (χ4v) is 2.70. The van der Waals surface area contributed by atoms with Crippen LogP contribution in [0.15, 0.2) is 42.5 Å². The first-order valence-corrected chi connectivity index (χ1v) is 8.22. The molecule has 0 heterocycles. The molecular formula is C18H18Cl2N2O2. The summed E-state index contributed by atoms with van der Waals surface area (Å²) in [5.74, 6) is -0.334. The van der Waals surface area contributed by atoms with E-state index in [2.05, 4.69) is 5.32 Å². The van der Waals surface area contributed by atoms with Gasteiger partial charge in [0.2, 0.25) is 11.8 Å². The van der Waals surface area contributed by atoms with E-state index < -0.39 is 0 Å². The van der Waals surface area contributed by atoms with Crippen LogP contribution in [-0.2, 0) is 9.59 Å². The number of anilines is 2. The van der Waals surface area contributed by atoms with E-state index in [0.29, 0.717) is 21.4 Å². The fraction of sp³-hybridized carbons (Fsp3) is 0.222. The van der Waals surface area contributed by atoms with Crippen LogP contribution in [0.25, 0.3) is 0 Å². The van der Waals surface area contributed by atoms with Crippen LogP contribution in [-0.4, -0.2) is 18.4 Å². The molecule has 0 radical (unpaired) electrons. The molecule has 0 saturated carbocycles. The van der Waals surface area contributed by atoms with Gasteiger partial charge in [-0.25, -0.2) is 0 Å². The molecular weight excluding hydrogens is 347 g/mol. The Bertz CT molecular complexity index is 762. The number of rotatable bonds is 5. The molecule has 2 rings (SSSR count). The summed E-state index contributed by atoms with van der Waals surface area (Å²) in [6, 6.07) is 12.3. The van der Waals surface area contributed by atoms with Crippen LogP contribution in [0.1, 0.15) is 18.9 Å². The maximum atomic E-state index is 12.1. The third-order valence-electron chi connectivity index (χ3n) is 3.58. The Balaban J connectivity index is 2.05. The number of nitrogens with one attached hydrogen (secondary N) is 1. The highest BCUT2D eigenvalue weighted by atomic mass is 35.5. The molecule has 2 aromatic carbocycles. The van der Waals surface area contributed by atoms with Crippen LogP contribution in [0, 0.1) is 6.92 Å². The van der Waals surface area contributed by atoms with Crippen molar-refractivity contribution in [1.82, 2.24) is 0 Å². The molecule has 24 heavy (non-hydrogen) atoms. The molecule has 0 aromatic heterocycles. The molecule has 0 aliphatic carbocycles. The first-order valence-electron chi connectivity index (χ1n) is 7.47. The lowest BCUT2D eigenvalue weighted by Crippen LogP contribution is -2.32. The van der Waals surface area contributed by atoms with Gasteiger partial charge in [-0.2, -0.15) is 0 Å². The normalized spacial score (nSPS) is 10.3. The quantitative estimate of drug-likeness (QED) is 0.836. The van der Waals surface area contributed by atoms with Crippen LogP contribution >= 0.6 is 23.2 Å². The SMILES string of the molecule is CC(=O)N(CCC(=O)Nc1cccc(Cl)c1)c1cccc(Cl)c1C. The molecule has 0 saturated heterocycles. The largest absolute Gasteiger partial charge is 0.326 e. The van der Waals surface area contributed by atoms with E-state index in [-0.39, 0.29) is 24.8 Å². The Hall–Kier alpha value is -2.04. The summed E-state index contributed by atoms with van der Waals surface area (Å²) in [4.78, 5) is 25.6. The van der Waals surface area contributed by atoms with E-state index in [1.54, 1.807) is 41.3 Å². The Labute approximate surface area is 151 Å². The molecule has 0 fully saturated rings. The number of halogens is 2.